The van der Waals surface area contributed by atoms with Crippen molar-refractivity contribution in [1.29, 1.82) is 0 Å². The molecule has 0 aliphatic carbocycles. The van der Waals surface area contributed by atoms with Gasteiger partial charge in [-0.2, -0.15) is 0 Å². The number of likely N-dealkylation sites (tertiary alicyclic amines) is 1. The molecule has 29 heavy (non-hydrogen) atoms. The van der Waals surface area contributed by atoms with Gasteiger partial charge in [0.1, 0.15) is 0 Å². The van der Waals surface area contributed by atoms with E-state index in [2.05, 4.69) is 43.1 Å². The van der Waals surface area contributed by atoms with E-state index in [1.807, 2.05) is 21.7 Å². The fourth-order valence-electron chi connectivity index (χ4n) is 4.48. The zero-order chi connectivity index (χ0) is 20.3. The first-order valence-electron chi connectivity index (χ1n) is 10.7. The Kier molecular flexibility index (Phi) is 6.01. The first-order chi connectivity index (χ1) is 14.1. The van der Waals surface area contributed by atoms with Crippen LogP contribution >= 0.6 is 0 Å². The van der Waals surface area contributed by atoms with Crippen molar-refractivity contribution in [2.45, 2.75) is 51.4 Å². The number of ether oxygens (including phenoxy) is 2. The Morgan fingerprint density at radius 2 is 1.83 bits per heavy atom. The molecule has 1 atom stereocenters. The summed E-state index contributed by atoms with van der Waals surface area (Å²) >= 11 is 0. The Hall–Kier alpha value is -2.18. The molecular formula is C23H31N3O3. The third-order valence-electron chi connectivity index (χ3n) is 5.98. The molecule has 1 amide bonds. The molecule has 1 aromatic heterocycles. The summed E-state index contributed by atoms with van der Waals surface area (Å²) in [4.78, 5) is 19.5. The SMILES string of the molecule is CC(C)CC(Cn1ccnc1C(=O)N1CCC2(CC1)OCCO2)c1ccccc1. The molecule has 156 valence electrons. The number of nitrogens with zero attached hydrogens (tertiary/aromatic N) is 3. The van der Waals surface area contributed by atoms with Crippen LogP contribution in [0, 0.1) is 5.92 Å². The molecule has 0 N–H and O–H groups in total. The number of piperidine rings is 1. The van der Waals surface area contributed by atoms with Gasteiger partial charge < -0.3 is 18.9 Å². The third-order valence-corrected chi connectivity index (χ3v) is 5.98. The van der Waals surface area contributed by atoms with Crippen LogP contribution in [0.3, 0.4) is 0 Å². The van der Waals surface area contributed by atoms with E-state index in [0.717, 1.165) is 25.8 Å². The second-order valence-corrected chi connectivity index (χ2v) is 8.54. The van der Waals surface area contributed by atoms with Crippen molar-refractivity contribution in [3.8, 4) is 0 Å². The van der Waals surface area contributed by atoms with Crippen LogP contribution < -0.4 is 0 Å². The van der Waals surface area contributed by atoms with Gasteiger partial charge in [-0.25, -0.2) is 4.98 Å². The van der Waals surface area contributed by atoms with E-state index in [9.17, 15) is 4.79 Å². The van der Waals surface area contributed by atoms with Crippen molar-refractivity contribution < 1.29 is 14.3 Å². The standard InChI is InChI=1S/C23H31N3O3/c1-18(2)16-20(19-6-4-3-5-7-19)17-26-13-10-24-21(26)22(27)25-11-8-23(9-12-25)28-14-15-29-23/h3-7,10,13,18,20H,8-9,11-12,14-17H2,1-2H3. The monoisotopic (exact) mass is 397 g/mol. The first kappa shape index (κ1) is 20.1. The summed E-state index contributed by atoms with van der Waals surface area (Å²) in [5.74, 6) is 0.981. The molecule has 1 spiro atoms. The summed E-state index contributed by atoms with van der Waals surface area (Å²) in [6.07, 6.45) is 6.17. The molecule has 6 nitrogen and oxygen atoms in total. The molecule has 3 heterocycles. The lowest BCUT2D eigenvalue weighted by Gasteiger charge is -2.37. The van der Waals surface area contributed by atoms with Gasteiger partial charge in [-0.05, 0) is 17.9 Å². The van der Waals surface area contributed by atoms with E-state index in [1.165, 1.54) is 5.56 Å². The van der Waals surface area contributed by atoms with E-state index in [1.54, 1.807) is 6.20 Å². The lowest BCUT2D eigenvalue weighted by molar-refractivity contribution is -0.181. The van der Waals surface area contributed by atoms with E-state index < -0.39 is 5.79 Å². The van der Waals surface area contributed by atoms with Crippen molar-refractivity contribution in [3.05, 3.63) is 54.1 Å². The number of amides is 1. The summed E-state index contributed by atoms with van der Waals surface area (Å²) in [6.45, 7) is 7.82. The third kappa shape index (κ3) is 4.54. The first-order valence-corrected chi connectivity index (χ1v) is 10.7. The number of carbonyl (C=O) groups is 1. The van der Waals surface area contributed by atoms with Crippen LogP contribution in [0.4, 0.5) is 0 Å². The fraction of sp³-hybridized carbons (Fsp3) is 0.565. The number of aromatic nitrogens is 2. The molecule has 4 rings (SSSR count). The highest BCUT2D eigenvalue weighted by Crippen LogP contribution is 2.32. The summed E-state index contributed by atoms with van der Waals surface area (Å²) < 4.78 is 13.6. The van der Waals surface area contributed by atoms with Gasteiger partial charge in [0.15, 0.2) is 11.6 Å². The molecule has 2 aliphatic rings. The molecule has 1 aromatic carbocycles. The van der Waals surface area contributed by atoms with Crippen molar-refractivity contribution in [2.24, 2.45) is 5.92 Å². The van der Waals surface area contributed by atoms with Crippen LogP contribution in [0.1, 0.15) is 55.2 Å². The van der Waals surface area contributed by atoms with Gasteiger partial charge in [0, 0.05) is 50.8 Å². The van der Waals surface area contributed by atoms with Gasteiger partial charge >= 0.3 is 0 Å². The Morgan fingerprint density at radius 3 is 2.48 bits per heavy atom. The summed E-state index contributed by atoms with van der Waals surface area (Å²) in [5, 5.41) is 0. The number of hydrogen-bond donors (Lipinski definition) is 0. The van der Waals surface area contributed by atoms with Gasteiger partial charge in [0.05, 0.1) is 13.2 Å². The Balaban J connectivity index is 1.46. The van der Waals surface area contributed by atoms with E-state index >= 15 is 0 Å². The minimum Gasteiger partial charge on any atom is -0.347 e. The predicted molar refractivity (Wildman–Crippen MR) is 111 cm³/mol. The summed E-state index contributed by atoms with van der Waals surface area (Å²) in [6, 6.07) is 10.6. The molecule has 0 saturated carbocycles. The zero-order valence-corrected chi connectivity index (χ0v) is 17.4. The quantitative estimate of drug-likeness (QED) is 0.746. The zero-order valence-electron chi connectivity index (χ0n) is 17.4. The minimum absolute atomic E-state index is 0.000736. The van der Waals surface area contributed by atoms with Gasteiger partial charge in [-0.1, -0.05) is 44.2 Å². The van der Waals surface area contributed by atoms with E-state index in [-0.39, 0.29) is 5.91 Å². The summed E-state index contributed by atoms with van der Waals surface area (Å²) in [7, 11) is 0. The molecule has 0 bridgehead atoms. The van der Waals surface area contributed by atoms with Crippen molar-refractivity contribution in [2.75, 3.05) is 26.3 Å². The second kappa shape index (κ2) is 8.67. The van der Waals surface area contributed by atoms with Crippen molar-refractivity contribution >= 4 is 5.91 Å². The second-order valence-electron chi connectivity index (χ2n) is 8.54. The lowest BCUT2D eigenvalue weighted by atomic mass is 9.90. The van der Waals surface area contributed by atoms with E-state index in [4.69, 9.17) is 9.47 Å². The number of rotatable bonds is 6. The maximum Gasteiger partial charge on any atom is 0.289 e. The molecular weight excluding hydrogens is 366 g/mol. The van der Waals surface area contributed by atoms with Crippen LogP contribution in [-0.4, -0.2) is 52.4 Å². The molecule has 2 aliphatic heterocycles. The number of hydrogen-bond acceptors (Lipinski definition) is 4. The minimum atomic E-state index is -0.470. The smallest absolute Gasteiger partial charge is 0.289 e. The molecule has 0 radical (unpaired) electrons. The molecule has 2 aromatic rings. The Bertz CT molecular complexity index is 802. The number of benzene rings is 1. The number of carbonyl (C=O) groups excluding carboxylic acids is 1. The van der Waals surface area contributed by atoms with Crippen LogP contribution in [0.15, 0.2) is 42.7 Å². The lowest BCUT2D eigenvalue weighted by Crippen LogP contribution is -2.47. The Morgan fingerprint density at radius 1 is 1.14 bits per heavy atom. The molecule has 1 unspecified atom stereocenters. The van der Waals surface area contributed by atoms with Gasteiger partial charge in [-0.15, -0.1) is 0 Å². The van der Waals surface area contributed by atoms with Crippen molar-refractivity contribution in [3.63, 3.8) is 0 Å². The average Bonchev–Trinajstić information content (AvgIpc) is 3.38. The van der Waals surface area contributed by atoms with Gasteiger partial charge in [0.2, 0.25) is 0 Å². The Labute approximate surface area is 172 Å². The normalized spacial score (nSPS) is 19.8. The largest absolute Gasteiger partial charge is 0.347 e. The highest BCUT2D eigenvalue weighted by Gasteiger charge is 2.41. The van der Waals surface area contributed by atoms with Crippen molar-refractivity contribution in [1.82, 2.24) is 14.5 Å². The highest BCUT2D eigenvalue weighted by molar-refractivity contribution is 5.90. The van der Waals surface area contributed by atoms with Crippen LogP contribution in [-0.2, 0) is 16.0 Å². The predicted octanol–water partition coefficient (Wildman–Crippen LogP) is 3.69. The van der Waals surface area contributed by atoms with Crippen LogP contribution in [0.2, 0.25) is 0 Å². The summed E-state index contributed by atoms with van der Waals surface area (Å²) in [5.41, 5.74) is 1.31. The molecule has 6 heteroatoms. The average molecular weight is 398 g/mol. The van der Waals surface area contributed by atoms with Gasteiger partial charge in [0.25, 0.3) is 5.91 Å². The van der Waals surface area contributed by atoms with E-state index in [0.29, 0.717) is 44.0 Å². The van der Waals surface area contributed by atoms with Gasteiger partial charge in [-0.3, -0.25) is 4.79 Å². The molecule has 2 fully saturated rings. The number of imidazole rings is 1. The topological polar surface area (TPSA) is 56.6 Å². The van der Waals surface area contributed by atoms with Crippen LogP contribution in [0.5, 0.6) is 0 Å². The molecule has 2 saturated heterocycles. The fourth-order valence-corrected chi connectivity index (χ4v) is 4.48. The maximum atomic E-state index is 13.2. The van der Waals surface area contributed by atoms with Crippen LogP contribution in [0.25, 0.3) is 0 Å². The maximum absolute atomic E-state index is 13.2. The highest BCUT2D eigenvalue weighted by atomic mass is 16.7.